The third kappa shape index (κ3) is 2.64. The van der Waals surface area contributed by atoms with Crippen LogP contribution in [0, 0.1) is 6.92 Å². The summed E-state index contributed by atoms with van der Waals surface area (Å²) in [4.78, 5) is 2.00. The van der Waals surface area contributed by atoms with E-state index in [4.69, 9.17) is 16.0 Å². The van der Waals surface area contributed by atoms with E-state index in [1.165, 1.54) is 5.56 Å². The highest BCUT2D eigenvalue weighted by molar-refractivity contribution is 6.17. The molecule has 0 aliphatic carbocycles. The molecule has 0 aliphatic rings. The van der Waals surface area contributed by atoms with E-state index in [0.717, 1.165) is 12.2 Å². The molecular formula is C13H16ClN3O. The van der Waals surface area contributed by atoms with E-state index in [9.17, 15) is 0 Å². The smallest absolute Gasteiger partial charge is 0.322 e. The number of para-hydroxylation sites is 1. The van der Waals surface area contributed by atoms with Gasteiger partial charge in [-0.05, 0) is 25.5 Å². The van der Waals surface area contributed by atoms with Gasteiger partial charge >= 0.3 is 6.01 Å². The third-order valence-corrected chi connectivity index (χ3v) is 2.91. The van der Waals surface area contributed by atoms with Crippen molar-refractivity contribution in [2.24, 2.45) is 0 Å². The quantitative estimate of drug-likeness (QED) is 0.778. The van der Waals surface area contributed by atoms with Crippen molar-refractivity contribution in [2.45, 2.75) is 20.3 Å². The highest BCUT2D eigenvalue weighted by Crippen LogP contribution is 2.26. The summed E-state index contributed by atoms with van der Waals surface area (Å²) in [6, 6.07) is 8.64. The Morgan fingerprint density at radius 3 is 2.72 bits per heavy atom. The topological polar surface area (TPSA) is 42.2 Å². The number of aryl methyl sites for hydroxylation is 2. The van der Waals surface area contributed by atoms with Crippen LogP contribution in [0.15, 0.2) is 28.7 Å². The molecule has 0 bridgehead atoms. The van der Waals surface area contributed by atoms with Gasteiger partial charge in [-0.2, -0.15) is 0 Å². The van der Waals surface area contributed by atoms with Crippen LogP contribution in [0.3, 0.4) is 0 Å². The van der Waals surface area contributed by atoms with E-state index < -0.39 is 0 Å². The van der Waals surface area contributed by atoms with Crippen LogP contribution in [0.25, 0.3) is 0 Å². The number of halogens is 1. The zero-order valence-electron chi connectivity index (χ0n) is 10.6. The molecule has 0 saturated heterocycles. The second kappa shape index (κ2) is 5.87. The molecule has 0 fully saturated rings. The van der Waals surface area contributed by atoms with Crippen molar-refractivity contribution in [3.8, 4) is 0 Å². The third-order valence-electron chi connectivity index (χ3n) is 2.72. The number of alkyl halides is 1. The molecule has 0 spiro atoms. The number of anilines is 2. The largest absolute Gasteiger partial charge is 0.408 e. The number of hydrogen-bond donors (Lipinski definition) is 0. The molecule has 5 heteroatoms. The Morgan fingerprint density at radius 1 is 1.28 bits per heavy atom. The van der Waals surface area contributed by atoms with Gasteiger partial charge in [-0.25, -0.2) is 0 Å². The van der Waals surface area contributed by atoms with Crippen molar-refractivity contribution in [3.05, 3.63) is 35.7 Å². The predicted octanol–water partition coefficient (Wildman–Crippen LogP) is 3.32. The van der Waals surface area contributed by atoms with Crippen molar-refractivity contribution >= 4 is 23.3 Å². The summed E-state index contributed by atoms with van der Waals surface area (Å²) in [6.07, 6.45) is 0.597. The molecule has 2 rings (SSSR count). The van der Waals surface area contributed by atoms with Gasteiger partial charge in [0.2, 0.25) is 5.89 Å². The lowest BCUT2D eigenvalue weighted by atomic mass is 10.2. The molecular weight excluding hydrogens is 250 g/mol. The molecule has 0 aliphatic heterocycles. The minimum absolute atomic E-state index is 0.484. The lowest BCUT2D eigenvalue weighted by Gasteiger charge is -2.19. The Hall–Kier alpha value is -1.55. The van der Waals surface area contributed by atoms with Gasteiger partial charge in [-0.3, -0.25) is 4.90 Å². The molecule has 0 amide bonds. The normalized spacial score (nSPS) is 10.6. The van der Waals surface area contributed by atoms with E-state index in [1.54, 1.807) is 0 Å². The molecule has 2 aromatic rings. The Balaban J connectivity index is 2.30. The van der Waals surface area contributed by atoms with Gasteiger partial charge in [0.05, 0.1) is 0 Å². The van der Waals surface area contributed by atoms with Gasteiger partial charge in [-0.15, -0.1) is 16.7 Å². The Kier molecular flexibility index (Phi) is 4.20. The van der Waals surface area contributed by atoms with E-state index in [1.807, 2.05) is 23.1 Å². The van der Waals surface area contributed by atoms with Gasteiger partial charge < -0.3 is 4.42 Å². The molecule has 0 N–H and O–H groups in total. The summed E-state index contributed by atoms with van der Waals surface area (Å²) in [6.45, 7) is 4.89. The fourth-order valence-electron chi connectivity index (χ4n) is 1.81. The van der Waals surface area contributed by atoms with Crippen LogP contribution >= 0.6 is 11.6 Å². The van der Waals surface area contributed by atoms with Crippen LogP contribution in [0.4, 0.5) is 11.7 Å². The van der Waals surface area contributed by atoms with E-state index in [-0.39, 0.29) is 0 Å². The van der Waals surface area contributed by atoms with Crippen LogP contribution in [0.5, 0.6) is 0 Å². The highest BCUT2D eigenvalue weighted by atomic mass is 35.5. The summed E-state index contributed by atoms with van der Waals surface area (Å²) in [7, 11) is 0. The van der Waals surface area contributed by atoms with E-state index >= 15 is 0 Å². The first-order chi connectivity index (χ1) is 8.76. The first-order valence-corrected chi connectivity index (χ1v) is 6.51. The molecule has 1 aromatic heterocycles. The number of aromatic nitrogens is 2. The lowest BCUT2D eigenvalue weighted by Crippen LogP contribution is -2.17. The minimum Gasteiger partial charge on any atom is -0.408 e. The van der Waals surface area contributed by atoms with Crippen LogP contribution in [-0.2, 0) is 6.42 Å². The van der Waals surface area contributed by atoms with Gasteiger partial charge in [0, 0.05) is 24.5 Å². The molecule has 96 valence electrons. The van der Waals surface area contributed by atoms with Gasteiger partial charge in [0.15, 0.2) is 0 Å². The standard InChI is InChI=1S/C13H16ClN3O/c1-3-17(11-7-5-4-6-10(11)2)13-16-15-12(18-13)8-9-14/h4-7H,3,8-9H2,1-2H3. The predicted molar refractivity (Wildman–Crippen MR) is 72.6 cm³/mol. The highest BCUT2D eigenvalue weighted by Gasteiger charge is 2.15. The van der Waals surface area contributed by atoms with Crippen molar-refractivity contribution in [1.82, 2.24) is 10.2 Å². The Labute approximate surface area is 112 Å². The first-order valence-electron chi connectivity index (χ1n) is 5.97. The number of benzene rings is 1. The number of hydrogen-bond acceptors (Lipinski definition) is 4. The Bertz CT molecular complexity index is 512. The summed E-state index contributed by atoms with van der Waals surface area (Å²) >= 11 is 5.66. The molecule has 4 nitrogen and oxygen atoms in total. The van der Waals surface area contributed by atoms with Crippen LogP contribution in [-0.4, -0.2) is 22.6 Å². The summed E-state index contributed by atoms with van der Waals surface area (Å²) in [5, 5.41) is 8.06. The van der Waals surface area contributed by atoms with Crippen LogP contribution < -0.4 is 4.90 Å². The zero-order valence-corrected chi connectivity index (χ0v) is 11.3. The Morgan fingerprint density at radius 2 is 2.06 bits per heavy atom. The average molecular weight is 266 g/mol. The maximum absolute atomic E-state index is 5.66. The fourth-order valence-corrected chi connectivity index (χ4v) is 1.97. The van der Waals surface area contributed by atoms with Crippen molar-refractivity contribution < 1.29 is 4.42 Å². The molecule has 0 unspecified atom stereocenters. The van der Waals surface area contributed by atoms with E-state index in [0.29, 0.717) is 24.2 Å². The SMILES string of the molecule is CCN(c1nnc(CCCl)o1)c1ccccc1C. The van der Waals surface area contributed by atoms with Gasteiger partial charge in [-0.1, -0.05) is 23.3 Å². The second-order valence-corrected chi connectivity index (χ2v) is 4.33. The van der Waals surface area contributed by atoms with Crippen molar-refractivity contribution in [2.75, 3.05) is 17.3 Å². The molecule has 0 atom stereocenters. The van der Waals surface area contributed by atoms with Gasteiger partial charge in [0.1, 0.15) is 0 Å². The molecule has 1 heterocycles. The number of rotatable bonds is 5. The minimum atomic E-state index is 0.484. The monoisotopic (exact) mass is 265 g/mol. The molecule has 0 saturated carbocycles. The maximum Gasteiger partial charge on any atom is 0.322 e. The van der Waals surface area contributed by atoms with Crippen LogP contribution in [0.1, 0.15) is 18.4 Å². The van der Waals surface area contributed by atoms with Crippen LogP contribution in [0.2, 0.25) is 0 Å². The average Bonchev–Trinajstić information content (AvgIpc) is 2.82. The second-order valence-electron chi connectivity index (χ2n) is 3.95. The molecule has 1 aromatic carbocycles. The molecule has 0 radical (unpaired) electrons. The first kappa shape index (κ1) is 12.9. The fraction of sp³-hybridized carbons (Fsp3) is 0.385. The summed E-state index contributed by atoms with van der Waals surface area (Å²) in [5.41, 5.74) is 2.26. The van der Waals surface area contributed by atoms with Crippen molar-refractivity contribution in [3.63, 3.8) is 0 Å². The molecule has 18 heavy (non-hydrogen) atoms. The number of nitrogens with zero attached hydrogens (tertiary/aromatic N) is 3. The van der Waals surface area contributed by atoms with Gasteiger partial charge in [0.25, 0.3) is 0 Å². The van der Waals surface area contributed by atoms with Crippen molar-refractivity contribution in [1.29, 1.82) is 0 Å². The summed E-state index contributed by atoms with van der Waals surface area (Å²) < 4.78 is 5.61. The van der Waals surface area contributed by atoms with E-state index in [2.05, 4.69) is 30.1 Å². The summed E-state index contributed by atoms with van der Waals surface area (Å²) in [5.74, 6) is 1.06. The lowest BCUT2D eigenvalue weighted by molar-refractivity contribution is 0.501. The zero-order chi connectivity index (χ0) is 13.0. The maximum atomic E-state index is 5.66.